The molecule has 1 fully saturated rings. The maximum atomic E-state index is 5.99. The van der Waals surface area contributed by atoms with Gasteiger partial charge in [0.2, 0.25) is 0 Å². The molecule has 51 heavy (non-hydrogen) atoms. The highest BCUT2D eigenvalue weighted by Gasteiger charge is 2.45. The molecule has 0 amide bonds. The average molecular weight is 689 g/mol. The van der Waals surface area contributed by atoms with E-state index in [1.165, 1.54) is 38.9 Å². The lowest BCUT2D eigenvalue weighted by Gasteiger charge is -2.43. The van der Waals surface area contributed by atoms with Gasteiger partial charge in [0.05, 0.1) is 11.3 Å². The number of oxime groups is 1. The van der Waals surface area contributed by atoms with Gasteiger partial charge in [0.25, 0.3) is 0 Å². The lowest BCUT2D eigenvalue weighted by atomic mass is 9.75. The molecule has 0 aromatic heterocycles. The maximum absolute atomic E-state index is 5.99. The number of nitrogens with zero attached hydrogens (tertiary/aromatic N) is 2. The largest absolute Gasteiger partial charge is 0.490 e. The molecule has 0 bridgehead atoms. The summed E-state index contributed by atoms with van der Waals surface area (Å²) in [4.78, 5) is 8.27. The van der Waals surface area contributed by atoms with Crippen molar-refractivity contribution in [1.29, 1.82) is 0 Å². The van der Waals surface area contributed by atoms with Gasteiger partial charge in [0.15, 0.2) is 6.61 Å². The Morgan fingerprint density at radius 1 is 0.667 bits per heavy atom. The average Bonchev–Trinajstić information content (AvgIpc) is 3.65. The fourth-order valence-electron chi connectivity index (χ4n) is 7.02. The quantitative estimate of drug-likeness (QED) is 0.0524. The summed E-state index contributed by atoms with van der Waals surface area (Å²) in [5.41, 5.74) is 10.4. The Morgan fingerprint density at radius 3 is 1.75 bits per heavy atom. The molecule has 1 aliphatic rings. The highest BCUT2D eigenvalue weighted by Crippen LogP contribution is 2.46. The van der Waals surface area contributed by atoms with E-state index in [1.807, 2.05) is 18.7 Å². The predicted octanol–water partition coefficient (Wildman–Crippen LogP) is 10.4. The highest BCUT2D eigenvalue weighted by molar-refractivity contribution is 8.00. The molecule has 1 unspecified atom stereocenters. The lowest BCUT2D eigenvalue weighted by molar-refractivity contribution is 0.107. The summed E-state index contributed by atoms with van der Waals surface area (Å²) in [6, 6.07) is 58.5. The number of hydrogen-bond donors (Lipinski definition) is 0. The van der Waals surface area contributed by atoms with Gasteiger partial charge in [0, 0.05) is 17.7 Å². The first-order valence-corrected chi connectivity index (χ1v) is 18.7. The van der Waals surface area contributed by atoms with Crippen LogP contribution in [0.3, 0.4) is 0 Å². The number of rotatable bonds is 13. The molecule has 0 spiro atoms. The monoisotopic (exact) mass is 688 g/mol. The van der Waals surface area contributed by atoms with Gasteiger partial charge in [-0.05, 0) is 71.3 Å². The Kier molecular flexibility index (Phi) is 11.0. The number of benzene rings is 6. The third-order valence-corrected chi connectivity index (χ3v) is 10.9. The third-order valence-electron chi connectivity index (χ3n) is 9.66. The molecule has 0 saturated carbocycles. The van der Waals surface area contributed by atoms with Crippen LogP contribution in [0.15, 0.2) is 169 Å². The van der Waals surface area contributed by atoms with Gasteiger partial charge in [0.1, 0.15) is 12.4 Å². The van der Waals surface area contributed by atoms with Crippen molar-refractivity contribution in [3.05, 3.63) is 197 Å². The van der Waals surface area contributed by atoms with Gasteiger partial charge in [-0.2, -0.15) is 0 Å². The summed E-state index contributed by atoms with van der Waals surface area (Å²) in [6.45, 7) is 5.85. The summed E-state index contributed by atoms with van der Waals surface area (Å²) in [5, 5.41) is 4.80. The number of ether oxygens (including phenoxy) is 1. The molecule has 0 aliphatic carbocycles. The van der Waals surface area contributed by atoms with Gasteiger partial charge < -0.3 is 9.57 Å². The second-order valence-corrected chi connectivity index (χ2v) is 14.4. The molecular weight excluding hydrogens is 645 g/mol. The van der Waals surface area contributed by atoms with Crippen molar-refractivity contribution in [2.75, 3.05) is 25.6 Å². The van der Waals surface area contributed by atoms with Crippen molar-refractivity contribution < 1.29 is 9.57 Å². The van der Waals surface area contributed by atoms with Crippen molar-refractivity contribution in [2.45, 2.75) is 31.1 Å². The van der Waals surface area contributed by atoms with E-state index in [9.17, 15) is 0 Å². The van der Waals surface area contributed by atoms with Crippen molar-refractivity contribution in [2.24, 2.45) is 5.16 Å². The zero-order valence-electron chi connectivity index (χ0n) is 29.3. The zero-order valence-corrected chi connectivity index (χ0v) is 30.1. The number of aryl methyl sites for hydroxylation is 1. The maximum Gasteiger partial charge on any atom is 0.151 e. The molecular formula is C46H44N2O2S. The third kappa shape index (κ3) is 7.96. The summed E-state index contributed by atoms with van der Waals surface area (Å²) in [6.07, 6.45) is 0.999. The minimum Gasteiger partial charge on any atom is -0.490 e. The molecule has 6 aromatic rings. The fourth-order valence-corrected chi connectivity index (χ4v) is 8.30. The molecule has 4 nitrogen and oxygen atoms in total. The van der Waals surface area contributed by atoms with E-state index in [4.69, 9.17) is 9.57 Å². The fraction of sp³-hybridized carbons (Fsp3) is 0.196. The van der Waals surface area contributed by atoms with Crippen LogP contribution in [0.5, 0.6) is 5.75 Å². The SMILES string of the molecule is CC(=NOCCOc1ccc(CC2CN(C(c3ccccc3)(c3ccccc3)c3ccccc3)CS2)cc1)c1ccc(-c2ccc(C)cc2)cc1. The van der Waals surface area contributed by atoms with Crippen LogP contribution in [0.2, 0.25) is 0 Å². The van der Waals surface area contributed by atoms with Gasteiger partial charge in [-0.25, -0.2) is 0 Å². The van der Waals surface area contributed by atoms with E-state index in [1.54, 1.807) is 0 Å². The second-order valence-electron chi connectivity index (χ2n) is 13.1. The van der Waals surface area contributed by atoms with Crippen LogP contribution in [-0.4, -0.2) is 41.5 Å². The van der Waals surface area contributed by atoms with Crippen molar-refractivity contribution in [3.63, 3.8) is 0 Å². The standard InChI is InChI=1S/C46H44N2O2S/c1-35-18-22-39(23-19-35)40-26-24-38(25-27-40)36(2)47-50-31-30-49-44-28-20-37(21-29-44)32-45-33-48(34-51-45)46(41-12-6-3-7-13-41,42-14-8-4-9-15-42)43-16-10-5-11-17-43/h3-29,45H,30-34H2,1-2H3. The molecule has 7 rings (SSSR count). The zero-order chi connectivity index (χ0) is 34.9. The summed E-state index contributed by atoms with van der Waals surface area (Å²) in [5.74, 6) is 1.79. The molecule has 1 aliphatic heterocycles. The van der Waals surface area contributed by atoms with Gasteiger partial charge >= 0.3 is 0 Å². The normalized spacial score (nSPS) is 15.1. The topological polar surface area (TPSA) is 34.1 Å². The smallest absolute Gasteiger partial charge is 0.151 e. The number of thioether (sulfide) groups is 1. The predicted molar refractivity (Wildman–Crippen MR) is 213 cm³/mol. The molecule has 5 heteroatoms. The van der Waals surface area contributed by atoms with E-state index in [0.717, 1.165) is 35.9 Å². The summed E-state index contributed by atoms with van der Waals surface area (Å²) >= 11 is 2.05. The first kappa shape index (κ1) is 34.4. The number of hydrogen-bond acceptors (Lipinski definition) is 5. The van der Waals surface area contributed by atoms with Crippen LogP contribution in [0, 0.1) is 6.92 Å². The Labute approximate surface area is 306 Å². The van der Waals surface area contributed by atoms with Crippen LogP contribution in [-0.2, 0) is 16.8 Å². The molecule has 0 radical (unpaired) electrons. The van der Waals surface area contributed by atoms with Crippen LogP contribution in [0.1, 0.15) is 40.3 Å². The van der Waals surface area contributed by atoms with Crippen molar-refractivity contribution in [1.82, 2.24) is 4.90 Å². The van der Waals surface area contributed by atoms with E-state index >= 15 is 0 Å². The minimum atomic E-state index is -0.375. The van der Waals surface area contributed by atoms with Crippen LogP contribution >= 0.6 is 11.8 Å². The second kappa shape index (κ2) is 16.3. The Morgan fingerprint density at radius 2 is 1.20 bits per heavy atom. The van der Waals surface area contributed by atoms with E-state index in [-0.39, 0.29) is 5.54 Å². The van der Waals surface area contributed by atoms with E-state index in [2.05, 4.69) is 181 Å². The van der Waals surface area contributed by atoms with Gasteiger partial charge in [-0.3, -0.25) is 4.90 Å². The molecule has 6 aromatic carbocycles. The highest BCUT2D eigenvalue weighted by atomic mass is 32.2. The minimum absolute atomic E-state index is 0.375. The van der Waals surface area contributed by atoms with Crippen molar-refractivity contribution >= 4 is 17.5 Å². The lowest BCUT2D eigenvalue weighted by Crippen LogP contribution is -2.47. The van der Waals surface area contributed by atoms with Gasteiger partial charge in [-0.15, -0.1) is 11.8 Å². The van der Waals surface area contributed by atoms with Crippen LogP contribution in [0.25, 0.3) is 11.1 Å². The first-order chi connectivity index (χ1) is 25.1. The Bertz CT molecular complexity index is 1900. The molecule has 0 N–H and O–H groups in total. The van der Waals surface area contributed by atoms with E-state index < -0.39 is 0 Å². The van der Waals surface area contributed by atoms with Crippen molar-refractivity contribution in [3.8, 4) is 16.9 Å². The van der Waals surface area contributed by atoms with E-state index in [0.29, 0.717) is 18.5 Å². The van der Waals surface area contributed by atoms with Crippen LogP contribution in [0.4, 0.5) is 0 Å². The molecule has 1 heterocycles. The molecule has 1 atom stereocenters. The Hall–Kier alpha value is -5.10. The van der Waals surface area contributed by atoms with Gasteiger partial charge in [-0.1, -0.05) is 162 Å². The summed E-state index contributed by atoms with van der Waals surface area (Å²) in [7, 11) is 0. The Balaban J connectivity index is 0.940. The molecule has 256 valence electrons. The van der Waals surface area contributed by atoms with Crippen LogP contribution < -0.4 is 4.74 Å². The summed E-state index contributed by atoms with van der Waals surface area (Å²) < 4.78 is 5.99. The molecule has 1 saturated heterocycles. The first-order valence-electron chi connectivity index (χ1n) is 17.7.